The van der Waals surface area contributed by atoms with E-state index in [9.17, 15) is 14.4 Å². The van der Waals surface area contributed by atoms with Crippen molar-refractivity contribution >= 4 is 17.9 Å². The fourth-order valence-electron chi connectivity index (χ4n) is 7.83. The first kappa shape index (κ1) is 58.9. The van der Waals surface area contributed by atoms with Crippen LogP contribution in [-0.4, -0.2) is 37.2 Å². The number of unbranched alkanes of at least 4 members (excludes halogenated alkanes) is 34. The van der Waals surface area contributed by atoms with E-state index in [4.69, 9.17) is 14.2 Å². The second-order valence-electron chi connectivity index (χ2n) is 18.1. The Morgan fingerprint density at radius 1 is 0.311 bits per heavy atom. The number of hydrogen-bond donors (Lipinski definition) is 0. The molecule has 0 aliphatic carbocycles. The second kappa shape index (κ2) is 50.5. The van der Waals surface area contributed by atoms with Crippen LogP contribution in [0.4, 0.5) is 0 Å². The van der Waals surface area contributed by atoms with Gasteiger partial charge in [0.05, 0.1) is 0 Å². The van der Waals surface area contributed by atoms with Gasteiger partial charge in [-0.1, -0.05) is 231 Å². The Hall–Kier alpha value is -2.11. The summed E-state index contributed by atoms with van der Waals surface area (Å²) < 4.78 is 16.8. The third kappa shape index (κ3) is 48.8. The van der Waals surface area contributed by atoms with Crippen LogP contribution in [0.25, 0.3) is 0 Å². The topological polar surface area (TPSA) is 78.9 Å². The van der Waals surface area contributed by atoms with Crippen molar-refractivity contribution in [3.8, 4) is 0 Å². The van der Waals surface area contributed by atoms with E-state index in [1.54, 1.807) is 0 Å². The van der Waals surface area contributed by atoms with E-state index in [-0.39, 0.29) is 31.1 Å². The van der Waals surface area contributed by atoms with Crippen molar-refractivity contribution in [2.75, 3.05) is 13.2 Å². The summed E-state index contributed by atoms with van der Waals surface area (Å²) in [5.41, 5.74) is 0. The van der Waals surface area contributed by atoms with Crippen molar-refractivity contribution in [2.45, 2.75) is 297 Å². The van der Waals surface area contributed by atoms with Gasteiger partial charge in [-0.15, -0.1) is 0 Å². The zero-order chi connectivity index (χ0) is 44.4. The molecule has 0 amide bonds. The lowest BCUT2D eigenvalue weighted by atomic mass is 10.0. The predicted octanol–water partition coefficient (Wildman–Crippen LogP) is 17.5. The molecule has 1 atom stereocenters. The zero-order valence-electron chi connectivity index (χ0n) is 40.9. The lowest BCUT2D eigenvalue weighted by Crippen LogP contribution is -2.30. The van der Waals surface area contributed by atoms with E-state index in [0.29, 0.717) is 19.3 Å². The Labute approximate surface area is 379 Å². The van der Waals surface area contributed by atoms with Crippen LogP contribution in [0.15, 0.2) is 24.3 Å². The van der Waals surface area contributed by atoms with Crippen LogP contribution in [0.3, 0.4) is 0 Å². The minimum atomic E-state index is -0.774. The monoisotopic (exact) mass is 859 g/mol. The van der Waals surface area contributed by atoms with Gasteiger partial charge in [0, 0.05) is 19.3 Å². The first-order chi connectivity index (χ1) is 30.0. The van der Waals surface area contributed by atoms with Gasteiger partial charge in [-0.25, -0.2) is 0 Å². The van der Waals surface area contributed by atoms with E-state index < -0.39 is 6.10 Å². The molecular formula is C55H102O6. The van der Waals surface area contributed by atoms with Crippen molar-refractivity contribution in [1.82, 2.24) is 0 Å². The number of carbonyl (C=O) groups is 3. The summed E-state index contributed by atoms with van der Waals surface area (Å²) in [6.07, 6.45) is 57.4. The van der Waals surface area contributed by atoms with E-state index in [2.05, 4.69) is 45.1 Å². The minimum Gasteiger partial charge on any atom is -0.462 e. The molecule has 0 aromatic rings. The molecule has 6 nitrogen and oxygen atoms in total. The molecule has 0 aromatic carbocycles. The Morgan fingerprint density at radius 3 is 0.869 bits per heavy atom. The number of allylic oxidation sites excluding steroid dienone is 4. The molecule has 0 spiro atoms. The molecule has 0 aliphatic heterocycles. The molecule has 0 fully saturated rings. The smallest absolute Gasteiger partial charge is 0.306 e. The summed E-state index contributed by atoms with van der Waals surface area (Å²) in [6, 6.07) is 0. The molecule has 0 N–H and O–H groups in total. The zero-order valence-corrected chi connectivity index (χ0v) is 40.9. The fourth-order valence-corrected chi connectivity index (χ4v) is 7.83. The fraction of sp³-hybridized carbons (Fsp3) is 0.873. The van der Waals surface area contributed by atoms with Gasteiger partial charge in [0.1, 0.15) is 13.2 Å². The molecular weight excluding hydrogens is 757 g/mol. The third-order valence-corrected chi connectivity index (χ3v) is 11.9. The highest BCUT2D eigenvalue weighted by Gasteiger charge is 2.19. The number of hydrogen-bond acceptors (Lipinski definition) is 6. The maximum atomic E-state index is 12.8. The third-order valence-electron chi connectivity index (χ3n) is 11.9. The largest absolute Gasteiger partial charge is 0.462 e. The summed E-state index contributed by atoms with van der Waals surface area (Å²) in [5.74, 6) is -0.878. The van der Waals surface area contributed by atoms with Crippen molar-refractivity contribution in [3.05, 3.63) is 24.3 Å². The van der Waals surface area contributed by atoms with Gasteiger partial charge in [0.15, 0.2) is 6.10 Å². The SMILES string of the molecule is CCCC/C=C\CCCCCCCC(=O)OCC(COC(=O)CCCCCCCCCCCCCCCCCCCC)OC(=O)CCCCCCC/C=C\CCCCCCC. The van der Waals surface area contributed by atoms with Gasteiger partial charge in [-0.05, 0) is 64.2 Å². The van der Waals surface area contributed by atoms with E-state index >= 15 is 0 Å². The first-order valence-electron chi connectivity index (χ1n) is 26.8. The summed E-state index contributed by atoms with van der Waals surface area (Å²) >= 11 is 0. The predicted molar refractivity (Wildman–Crippen MR) is 261 cm³/mol. The van der Waals surface area contributed by atoms with Crippen LogP contribution >= 0.6 is 0 Å². The molecule has 61 heavy (non-hydrogen) atoms. The van der Waals surface area contributed by atoms with Crippen LogP contribution in [-0.2, 0) is 28.6 Å². The molecule has 0 heterocycles. The molecule has 0 aromatic heterocycles. The van der Waals surface area contributed by atoms with Gasteiger partial charge in [0.25, 0.3) is 0 Å². The average Bonchev–Trinajstić information content (AvgIpc) is 3.26. The van der Waals surface area contributed by atoms with Crippen LogP contribution in [0.5, 0.6) is 0 Å². The molecule has 0 saturated heterocycles. The number of ether oxygens (including phenoxy) is 3. The lowest BCUT2D eigenvalue weighted by Gasteiger charge is -2.18. The van der Waals surface area contributed by atoms with Gasteiger partial charge >= 0.3 is 17.9 Å². The summed E-state index contributed by atoms with van der Waals surface area (Å²) in [7, 11) is 0. The summed E-state index contributed by atoms with van der Waals surface area (Å²) in [6.45, 7) is 6.61. The highest BCUT2D eigenvalue weighted by molar-refractivity contribution is 5.71. The van der Waals surface area contributed by atoms with Crippen molar-refractivity contribution < 1.29 is 28.6 Å². The van der Waals surface area contributed by atoms with E-state index in [0.717, 1.165) is 70.6 Å². The minimum absolute atomic E-state index is 0.0734. The highest BCUT2D eigenvalue weighted by Crippen LogP contribution is 2.16. The van der Waals surface area contributed by atoms with Gasteiger partial charge in [-0.3, -0.25) is 14.4 Å². The van der Waals surface area contributed by atoms with Crippen LogP contribution in [0, 0.1) is 0 Å². The highest BCUT2D eigenvalue weighted by atomic mass is 16.6. The molecule has 0 aliphatic rings. The first-order valence-corrected chi connectivity index (χ1v) is 26.8. The Balaban J connectivity index is 4.30. The second-order valence-corrected chi connectivity index (χ2v) is 18.1. The molecule has 0 rings (SSSR count). The van der Waals surface area contributed by atoms with Crippen molar-refractivity contribution in [3.63, 3.8) is 0 Å². The van der Waals surface area contributed by atoms with Gasteiger partial charge in [0.2, 0.25) is 0 Å². The standard InChI is InChI=1S/C55H102O6/c1-4-7-10-13-16-19-22-24-26-27-28-29-31-33-36-39-42-45-48-54(57)60-51-52(50-59-53(56)47-44-41-38-35-32-21-18-15-12-9-6-3)61-55(58)49-46-43-40-37-34-30-25-23-20-17-14-11-8-5-2/h15,18,23,25,52H,4-14,16-17,19-22,24,26-51H2,1-3H3/b18-15-,25-23-. The van der Waals surface area contributed by atoms with E-state index in [1.165, 1.54) is 180 Å². The van der Waals surface area contributed by atoms with Crippen LogP contribution in [0.2, 0.25) is 0 Å². The number of rotatable bonds is 49. The maximum Gasteiger partial charge on any atom is 0.306 e. The maximum absolute atomic E-state index is 12.8. The van der Waals surface area contributed by atoms with Crippen molar-refractivity contribution in [2.24, 2.45) is 0 Å². The van der Waals surface area contributed by atoms with Crippen LogP contribution in [0.1, 0.15) is 290 Å². The normalized spacial score (nSPS) is 12.1. The molecule has 0 bridgehead atoms. The van der Waals surface area contributed by atoms with Crippen molar-refractivity contribution in [1.29, 1.82) is 0 Å². The van der Waals surface area contributed by atoms with E-state index in [1.807, 2.05) is 0 Å². The molecule has 0 saturated carbocycles. The van der Waals surface area contributed by atoms with Gasteiger partial charge < -0.3 is 14.2 Å². The number of carbonyl (C=O) groups excluding carboxylic acids is 3. The quantitative estimate of drug-likeness (QED) is 0.0262. The van der Waals surface area contributed by atoms with Crippen LogP contribution < -0.4 is 0 Å². The molecule has 358 valence electrons. The summed E-state index contributed by atoms with van der Waals surface area (Å²) in [5, 5.41) is 0. The lowest BCUT2D eigenvalue weighted by molar-refractivity contribution is -0.167. The molecule has 0 radical (unpaired) electrons. The molecule has 6 heteroatoms. The Kier molecular flexibility index (Phi) is 48.8. The number of esters is 3. The Morgan fingerprint density at radius 2 is 0.557 bits per heavy atom. The summed E-state index contributed by atoms with van der Waals surface area (Å²) in [4.78, 5) is 38.0. The average molecular weight is 859 g/mol. The van der Waals surface area contributed by atoms with Gasteiger partial charge in [-0.2, -0.15) is 0 Å². The Bertz CT molecular complexity index is 989. The molecule has 1 unspecified atom stereocenters.